The van der Waals surface area contributed by atoms with Crippen LogP contribution in [-0.4, -0.2) is 29.7 Å². The van der Waals surface area contributed by atoms with Crippen LogP contribution in [0.4, 0.5) is 0 Å². The first kappa shape index (κ1) is 13.5. The molecule has 1 aromatic carbocycles. The smallest absolute Gasteiger partial charge is 0.338 e. The van der Waals surface area contributed by atoms with Crippen LogP contribution < -0.4 is 5.73 Å². The Morgan fingerprint density at radius 2 is 1.95 bits per heavy atom. The third-order valence-corrected chi connectivity index (χ3v) is 3.42. The molecule has 1 aromatic rings. The fourth-order valence-electron chi connectivity index (χ4n) is 1.69. The Bertz CT molecular complexity index is 493. The van der Waals surface area contributed by atoms with Gasteiger partial charge >= 0.3 is 5.97 Å². The molecule has 3 N–H and O–H groups in total. The predicted molar refractivity (Wildman–Crippen MR) is 68.5 cm³/mol. The minimum atomic E-state index is -1.14. The fraction of sp³-hybridized carbons (Fsp3) is 0.429. The summed E-state index contributed by atoms with van der Waals surface area (Å²) >= 11 is 0. The van der Waals surface area contributed by atoms with E-state index in [4.69, 9.17) is 10.5 Å². The average molecular weight is 263 g/mol. The van der Waals surface area contributed by atoms with Gasteiger partial charge in [-0.2, -0.15) is 0 Å². The average Bonchev–Trinajstić information content (AvgIpc) is 3.21. The SMILES string of the molecule is CC(CO)(C(N)=O)c1ccc(C(=O)OC2CC2)cc1. The lowest BCUT2D eigenvalue weighted by atomic mass is 9.82. The Morgan fingerprint density at radius 1 is 1.37 bits per heavy atom. The predicted octanol–water partition coefficient (Wildman–Crippen LogP) is 0.741. The molecule has 5 heteroatoms. The van der Waals surface area contributed by atoms with Gasteiger partial charge in [-0.3, -0.25) is 4.79 Å². The minimum absolute atomic E-state index is 0.0560. The van der Waals surface area contributed by atoms with Gasteiger partial charge in [0, 0.05) is 0 Å². The molecule has 0 aromatic heterocycles. The van der Waals surface area contributed by atoms with Gasteiger partial charge in [-0.1, -0.05) is 12.1 Å². The third-order valence-electron chi connectivity index (χ3n) is 3.42. The van der Waals surface area contributed by atoms with E-state index in [2.05, 4.69) is 0 Å². The van der Waals surface area contributed by atoms with Crippen molar-refractivity contribution < 1.29 is 19.4 Å². The molecule has 1 saturated carbocycles. The summed E-state index contributed by atoms with van der Waals surface area (Å²) in [6, 6.07) is 6.39. The number of carbonyl (C=O) groups excluding carboxylic acids is 2. The van der Waals surface area contributed by atoms with E-state index in [-0.39, 0.29) is 18.7 Å². The minimum Gasteiger partial charge on any atom is -0.459 e. The largest absolute Gasteiger partial charge is 0.459 e. The number of esters is 1. The van der Waals surface area contributed by atoms with Crippen LogP contribution in [0, 0.1) is 0 Å². The number of hydrogen-bond donors (Lipinski definition) is 2. The van der Waals surface area contributed by atoms with Gasteiger partial charge in [-0.15, -0.1) is 0 Å². The molecule has 1 aliphatic rings. The molecule has 1 unspecified atom stereocenters. The summed E-state index contributed by atoms with van der Waals surface area (Å²) in [6.07, 6.45) is 1.91. The van der Waals surface area contributed by atoms with Crippen molar-refractivity contribution >= 4 is 11.9 Å². The summed E-state index contributed by atoms with van der Waals surface area (Å²) in [5.74, 6) is -0.970. The van der Waals surface area contributed by atoms with E-state index in [1.54, 1.807) is 31.2 Å². The van der Waals surface area contributed by atoms with Gasteiger partial charge in [0.05, 0.1) is 17.6 Å². The molecule has 0 heterocycles. The topological polar surface area (TPSA) is 89.6 Å². The van der Waals surface area contributed by atoms with E-state index in [1.807, 2.05) is 0 Å². The van der Waals surface area contributed by atoms with Crippen molar-refractivity contribution in [1.82, 2.24) is 0 Å². The molecule has 0 spiro atoms. The highest BCUT2D eigenvalue weighted by molar-refractivity contribution is 5.90. The standard InChI is InChI=1S/C14H17NO4/c1-14(8-16,13(15)18)10-4-2-9(3-5-10)12(17)19-11-6-7-11/h2-5,11,16H,6-8H2,1H3,(H2,15,18). The zero-order valence-electron chi connectivity index (χ0n) is 10.8. The quantitative estimate of drug-likeness (QED) is 0.767. The van der Waals surface area contributed by atoms with E-state index < -0.39 is 11.3 Å². The van der Waals surface area contributed by atoms with Crippen LogP contribution in [0.5, 0.6) is 0 Å². The number of primary amides is 1. The molecule has 0 aliphatic heterocycles. The van der Waals surface area contributed by atoms with Crippen molar-refractivity contribution in [1.29, 1.82) is 0 Å². The Kier molecular flexibility index (Phi) is 3.57. The second kappa shape index (κ2) is 5.01. The molecule has 1 atom stereocenters. The summed E-state index contributed by atoms with van der Waals surface area (Å²) in [7, 11) is 0. The second-order valence-electron chi connectivity index (χ2n) is 5.04. The Hall–Kier alpha value is -1.88. The van der Waals surface area contributed by atoms with Gasteiger partial charge in [0.15, 0.2) is 0 Å². The number of carbonyl (C=O) groups is 2. The second-order valence-corrected chi connectivity index (χ2v) is 5.04. The molecule has 1 fully saturated rings. The maximum absolute atomic E-state index is 11.7. The van der Waals surface area contributed by atoms with Crippen molar-refractivity contribution in [3.05, 3.63) is 35.4 Å². The summed E-state index contributed by atoms with van der Waals surface area (Å²) in [4.78, 5) is 23.1. The highest BCUT2D eigenvalue weighted by Gasteiger charge is 2.33. The number of nitrogens with two attached hydrogens (primary N) is 1. The molecule has 102 valence electrons. The van der Waals surface area contributed by atoms with Crippen LogP contribution >= 0.6 is 0 Å². The molecular formula is C14H17NO4. The number of benzene rings is 1. The molecule has 1 aliphatic carbocycles. The lowest BCUT2D eigenvalue weighted by Crippen LogP contribution is -2.41. The number of rotatable bonds is 5. The number of aliphatic hydroxyl groups excluding tert-OH is 1. The van der Waals surface area contributed by atoms with Crippen molar-refractivity contribution in [2.75, 3.05) is 6.61 Å². The van der Waals surface area contributed by atoms with Crippen molar-refractivity contribution in [2.24, 2.45) is 5.73 Å². The van der Waals surface area contributed by atoms with Crippen LogP contribution in [0.2, 0.25) is 0 Å². The highest BCUT2D eigenvalue weighted by Crippen LogP contribution is 2.26. The van der Waals surface area contributed by atoms with Crippen molar-refractivity contribution in [2.45, 2.75) is 31.3 Å². The summed E-state index contributed by atoms with van der Waals surface area (Å²) < 4.78 is 5.17. The maximum atomic E-state index is 11.7. The highest BCUT2D eigenvalue weighted by atomic mass is 16.5. The Balaban J connectivity index is 2.17. The number of hydrogen-bond acceptors (Lipinski definition) is 4. The van der Waals surface area contributed by atoms with E-state index >= 15 is 0 Å². The molecule has 0 bridgehead atoms. The number of aliphatic hydroxyl groups is 1. The Morgan fingerprint density at radius 3 is 2.37 bits per heavy atom. The van der Waals surface area contributed by atoms with Gasteiger partial charge in [-0.25, -0.2) is 4.79 Å². The monoisotopic (exact) mass is 263 g/mol. The van der Waals surface area contributed by atoms with Crippen LogP contribution in [-0.2, 0) is 14.9 Å². The molecule has 2 rings (SSSR count). The van der Waals surface area contributed by atoms with Crippen molar-refractivity contribution in [3.8, 4) is 0 Å². The van der Waals surface area contributed by atoms with Crippen LogP contribution in [0.25, 0.3) is 0 Å². The first-order valence-electron chi connectivity index (χ1n) is 6.19. The maximum Gasteiger partial charge on any atom is 0.338 e. The van der Waals surface area contributed by atoms with Gasteiger partial charge in [0.1, 0.15) is 6.10 Å². The summed E-state index contributed by atoms with van der Waals surface area (Å²) in [5.41, 5.74) is 5.16. The zero-order valence-corrected chi connectivity index (χ0v) is 10.8. The normalized spacial score (nSPS) is 17.6. The first-order valence-corrected chi connectivity index (χ1v) is 6.19. The number of amides is 1. The number of ether oxygens (including phenoxy) is 1. The lowest BCUT2D eigenvalue weighted by molar-refractivity contribution is -0.124. The molecule has 5 nitrogen and oxygen atoms in total. The van der Waals surface area contributed by atoms with Gasteiger partial charge in [0.2, 0.25) is 5.91 Å². The van der Waals surface area contributed by atoms with Gasteiger partial charge in [0.25, 0.3) is 0 Å². The zero-order chi connectivity index (χ0) is 14.0. The van der Waals surface area contributed by atoms with Crippen LogP contribution in [0.3, 0.4) is 0 Å². The molecular weight excluding hydrogens is 246 g/mol. The van der Waals surface area contributed by atoms with E-state index in [0.717, 1.165) is 12.8 Å². The summed E-state index contributed by atoms with van der Waals surface area (Å²) in [5, 5.41) is 9.32. The van der Waals surface area contributed by atoms with E-state index in [1.165, 1.54) is 0 Å². The third kappa shape index (κ3) is 2.76. The lowest BCUT2D eigenvalue weighted by Gasteiger charge is -2.23. The molecule has 1 amide bonds. The first-order chi connectivity index (χ1) is 8.97. The van der Waals surface area contributed by atoms with E-state index in [9.17, 15) is 14.7 Å². The van der Waals surface area contributed by atoms with Gasteiger partial charge < -0.3 is 15.6 Å². The van der Waals surface area contributed by atoms with Gasteiger partial charge in [-0.05, 0) is 37.5 Å². The fourth-order valence-corrected chi connectivity index (χ4v) is 1.69. The molecule has 19 heavy (non-hydrogen) atoms. The summed E-state index contributed by atoms with van der Waals surface area (Å²) in [6.45, 7) is 1.18. The van der Waals surface area contributed by atoms with Crippen LogP contribution in [0.15, 0.2) is 24.3 Å². The Labute approximate surface area is 111 Å². The molecule has 0 saturated heterocycles. The van der Waals surface area contributed by atoms with Crippen molar-refractivity contribution in [3.63, 3.8) is 0 Å². The van der Waals surface area contributed by atoms with E-state index in [0.29, 0.717) is 11.1 Å². The molecule has 0 radical (unpaired) electrons. The van der Waals surface area contributed by atoms with Crippen LogP contribution in [0.1, 0.15) is 35.7 Å².